The van der Waals surface area contributed by atoms with Crippen molar-refractivity contribution in [3.8, 4) is 11.5 Å². The monoisotopic (exact) mass is 461 g/mol. The number of ether oxygens (including phenoxy) is 2. The Labute approximate surface area is 176 Å². The van der Waals surface area contributed by atoms with Crippen LogP contribution >= 0.6 is 27.7 Å². The highest BCUT2D eigenvalue weighted by molar-refractivity contribution is 9.10. The summed E-state index contributed by atoms with van der Waals surface area (Å²) in [6.45, 7) is 4.03. The highest BCUT2D eigenvalue weighted by Gasteiger charge is 2.36. The maximum Gasteiger partial charge on any atom is 0.298 e. The maximum absolute atomic E-state index is 12.8. The number of anilines is 1. The third-order valence-corrected chi connectivity index (χ3v) is 5.84. The number of halogens is 1. The molecule has 0 bridgehead atoms. The number of nitrogens with zero attached hydrogens (tertiary/aromatic N) is 1. The summed E-state index contributed by atoms with van der Waals surface area (Å²) in [4.78, 5) is 26.7. The first kappa shape index (κ1) is 20.5. The number of methoxy groups -OCH3 is 1. The molecule has 3 rings (SSSR count). The number of carbonyl (C=O) groups excluding carboxylic acids is 2. The van der Waals surface area contributed by atoms with E-state index in [9.17, 15) is 9.59 Å². The van der Waals surface area contributed by atoms with E-state index in [1.807, 2.05) is 26.0 Å². The zero-order valence-electron chi connectivity index (χ0n) is 15.8. The van der Waals surface area contributed by atoms with Crippen molar-refractivity contribution in [3.63, 3.8) is 0 Å². The van der Waals surface area contributed by atoms with Gasteiger partial charge in [-0.25, -0.2) is 4.90 Å². The minimum Gasteiger partial charge on any atom is -0.493 e. The smallest absolute Gasteiger partial charge is 0.298 e. The summed E-state index contributed by atoms with van der Waals surface area (Å²) >= 11 is 4.44. The van der Waals surface area contributed by atoms with Crippen LogP contribution in [0.3, 0.4) is 0 Å². The van der Waals surface area contributed by atoms with Crippen LogP contribution in [0.2, 0.25) is 0 Å². The molecular weight excluding hydrogens is 442 g/mol. The fourth-order valence-electron chi connectivity index (χ4n) is 2.62. The number of hydrogen-bond donors (Lipinski definition) is 0. The highest BCUT2D eigenvalue weighted by atomic mass is 79.9. The molecule has 2 amide bonds. The van der Waals surface area contributed by atoms with Crippen molar-refractivity contribution in [1.29, 1.82) is 0 Å². The molecule has 0 spiro atoms. The summed E-state index contributed by atoms with van der Waals surface area (Å²) in [6, 6.07) is 12.5. The number of carbonyl (C=O) groups is 2. The van der Waals surface area contributed by atoms with Gasteiger partial charge in [0.15, 0.2) is 11.5 Å². The van der Waals surface area contributed by atoms with Gasteiger partial charge in [0.05, 0.1) is 23.8 Å². The molecule has 1 aliphatic rings. The van der Waals surface area contributed by atoms with E-state index >= 15 is 0 Å². The van der Waals surface area contributed by atoms with Gasteiger partial charge in [-0.3, -0.25) is 9.59 Å². The molecule has 146 valence electrons. The molecule has 2 aromatic carbocycles. The van der Waals surface area contributed by atoms with Crippen LogP contribution in [0, 0.1) is 0 Å². The molecule has 1 heterocycles. The summed E-state index contributed by atoms with van der Waals surface area (Å²) in [5.74, 6) is 0.849. The Bertz CT molecular complexity index is 930. The Morgan fingerprint density at radius 3 is 2.54 bits per heavy atom. The van der Waals surface area contributed by atoms with Gasteiger partial charge in [0, 0.05) is 4.47 Å². The summed E-state index contributed by atoms with van der Waals surface area (Å²) < 4.78 is 12.1. The van der Waals surface area contributed by atoms with Crippen LogP contribution in [-0.2, 0) is 4.79 Å². The van der Waals surface area contributed by atoms with Crippen LogP contribution in [0.15, 0.2) is 51.8 Å². The van der Waals surface area contributed by atoms with Crippen LogP contribution in [0.4, 0.5) is 10.5 Å². The first-order valence-electron chi connectivity index (χ1n) is 8.81. The van der Waals surface area contributed by atoms with Crippen LogP contribution < -0.4 is 14.4 Å². The largest absolute Gasteiger partial charge is 0.493 e. The minimum absolute atomic E-state index is 0.0500. The zero-order chi connectivity index (χ0) is 20.3. The molecule has 2 aromatic rings. The van der Waals surface area contributed by atoms with Crippen molar-refractivity contribution < 1.29 is 19.1 Å². The molecule has 0 unspecified atom stereocenters. The molecule has 0 radical (unpaired) electrons. The van der Waals surface area contributed by atoms with Crippen molar-refractivity contribution in [2.45, 2.75) is 26.4 Å². The van der Waals surface area contributed by atoms with Gasteiger partial charge < -0.3 is 9.47 Å². The van der Waals surface area contributed by atoms with E-state index < -0.39 is 0 Å². The summed E-state index contributed by atoms with van der Waals surface area (Å²) in [6.07, 6.45) is 2.61. The summed E-state index contributed by atoms with van der Waals surface area (Å²) in [7, 11) is 1.57. The lowest BCUT2D eigenvalue weighted by atomic mass is 10.1. The van der Waals surface area contributed by atoms with E-state index in [0.717, 1.165) is 28.2 Å². The lowest BCUT2D eigenvalue weighted by Crippen LogP contribution is -2.27. The SMILES string of the molecule is CC[C@@H](C)Oc1cc(Br)c(/C=C2/SC(=O)N(c3ccccc3)C2=O)cc1OC. The average molecular weight is 462 g/mol. The Hall–Kier alpha value is -2.25. The van der Waals surface area contributed by atoms with Gasteiger partial charge in [-0.05, 0) is 61.0 Å². The maximum atomic E-state index is 12.8. The fourth-order valence-corrected chi connectivity index (χ4v) is 3.89. The molecule has 1 fully saturated rings. The Kier molecular flexibility index (Phi) is 6.46. The molecule has 28 heavy (non-hydrogen) atoms. The first-order valence-corrected chi connectivity index (χ1v) is 10.4. The standard InChI is InChI=1S/C21H20BrNO4S/c1-4-13(2)27-18-12-16(22)14(10-17(18)26-3)11-19-20(24)23(21(25)28-19)15-8-6-5-7-9-15/h5-13H,4H2,1-3H3/b19-11+/t13-/m1/s1. The number of imide groups is 1. The number of benzene rings is 2. The number of rotatable bonds is 6. The number of thioether (sulfide) groups is 1. The second-order valence-electron chi connectivity index (χ2n) is 6.21. The van der Waals surface area contributed by atoms with Crippen LogP contribution in [0.5, 0.6) is 11.5 Å². The topological polar surface area (TPSA) is 55.8 Å². The van der Waals surface area contributed by atoms with Gasteiger partial charge in [0.2, 0.25) is 0 Å². The van der Waals surface area contributed by atoms with Crippen molar-refractivity contribution in [2.24, 2.45) is 0 Å². The van der Waals surface area contributed by atoms with E-state index in [2.05, 4.69) is 15.9 Å². The van der Waals surface area contributed by atoms with Crippen molar-refractivity contribution >= 4 is 50.6 Å². The fraction of sp³-hybridized carbons (Fsp3) is 0.238. The highest BCUT2D eigenvalue weighted by Crippen LogP contribution is 2.39. The average Bonchev–Trinajstić information content (AvgIpc) is 2.97. The second kappa shape index (κ2) is 8.84. The van der Waals surface area contributed by atoms with Crippen LogP contribution in [0.1, 0.15) is 25.8 Å². The van der Waals surface area contributed by atoms with E-state index in [1.54, 1.807) is 43.5 Å². The molecule has 1 saturated heterocycles. The van der Waals surface area contributed by atoms with E-state index in [0.29, 0.717) is 22.1 Å². The van der Waals surface area contributed by atoms with Gasteiger partial charge >= 0.3 is 0 Å². The third kappa shape index (κ3) is 4.25. The summed E-state index contributed by atoms with van der Waals surface area (Å²) in [5, 5.41) is -0.317. The molecular formula is C21H20BrNO4S. The van der Waals surface area contributed by atoms with Crippen molar-refractivity contribution in [3.05, 3.63) is 57.4 Å². The lowest BCUT2D eigenvalue weighted by molar-refractivity contribution is -0.113. The van der Waals surface area contributed by atoms with Crippen molar-refractivity contribution in [1.82, 2.24) is 0 Å². The van der Waals surface area contributed by atoms with Gasteiger partial charge in [0.25, 0.3) is 11.1 Å². The number of amides is 2. The lowest BCUT2D eigenvalue weighted by Gasteiger charge is -2.17. The van der Waals surface area contributed by atoms with Crippen molar-refractivity contribution in [2.75, 3.05) is 12.0 Å². The predicted molar refractivity (Wildman–Crippen MR) is 116 cm³/mol. The molecule has 0 aliphatic carbocycles. The molecule has 0 N–H and O–H groups in total. The van der Waals surface area contributed by atoms with Gasteiger partial charge in [-0.2, -0.15) is 0 Å². The quantitative estimate of drug-likeness (QED) is 0.502. The molecule has 7 heteroatoms. The zero-order valence-corrected chi connectivity index (χ0v) is 18.2. The van der Waals surface area contributed by atoms with E-state index in [-0.39, 0.29) is 17.3 Å². The molecule has 1 aliphatic heterocycles. The Morgan fingerprint density at radius 2 is 1.89 bits per heavy atom. The van der Waals surface area contributed by atoms with Gasteiger partial charge in [-0.15, -0.1) is 0 Å². The molecule has 0 saturated carbocycles. The van der Waals surface area contributed by atoms with Gasteiger partial charge in [-0.1, -0.05) is 41.1 Å². The minimum atomic E-state index is -0.341. The van der Waals surface area contributed by atoms with E-state index in [1.165, 1.54) is 4.90 Å². The molecule has 0 aromatic heterocycles. The Balaban J connectivity index is 1.93. The Morgan fingerprint density at radius 1 is 1.18 bits per heavy atom. The normalized spacial score (nSPS) is 16.6. The molecule has 1 atom stereocenters. The first-order chi connectivity index (χ1) is 13.4. The van der Waals surface area contributed by atoms with Crippen LogP contribution in [-0.4, -0.2) is 24.4 Å². The van der Waals surface area contributed by atoms with Gasteiger partial charge in [0.1, 0.15) is 0 Å². The third-order valence-electron chi connectivity index (χ3n) is 4.28. The number of para-hydroxylation sites is 1. The summed E-state index contributed by atoms with van der Waals surface area (Å²) in [5.41, 5.74) is 1.29. The molecule has 5 nitrogen and oxygen atoms in total. The van der Waals surface area contributed by atoms with Crippen LogP contribution in [0.25, 0.3) is 6.08 Å². The second-order valence-corrected chi connectivity index (χ2v) is 8.06. The predicted octanol–water partition coefficient (Wildman–Crippen LogP) is 5.88. The number of hydrogen-bond acceptors (Lipinski definition) is 5. The van der Waals surface area contributed by atoms with E-state index in [4.69, 9.17) is 9.47 Å².